The summed E-state index contributed by atoms with van der Waals surface area (Å²) in [5, 5.41) is 9.86. The Balaban J connectivity index is 1.28. The van der Waals surface area contributed by atoms with E-state index in [0.717, 1.165) is 49.7 Å². The van der Waals surface area contributed by atoms with Crippen molar-refractivity contribution in [3.8, 4) is 11.5 Å². The topological polar surface area (TPSA) is 141 Å². The number of nitrogens with one attached hydrogen (secondary N) is 3. The van der Waals surface area contributed by atoms with Gasteiger partial charge in [-0.3, -0.25) is 4.79 Å². The number of benzene rings is 1. The van der Waals surface area contributed by atoms with E-state index in [4.69, 9.17) is 25.2 Å². The molecular weight excluding hydrogens is 484 g/mol. The first kappa shape index (κ1) is 26.0. The second kappa shape index (κ2) is 11.8. The van der Waals surface area contributed by atoms with Crippen molar-refractivity contribution >= 4 is 28.8 Å². The molecule has 2 aromatic heterocycles. The third-order valence-corrected chi connectivity index (χ3v) is 7.59. The Bertz CT molecular complexity index is 1250. The van der Waals surface area contributed by atoms with Crippen LogP contribution in [0.3, 0.4) is 0 Å². The molecule has 11 nitrogen and oxygen atoms in total. The van der Waals surface area contributed by atoms with Gasteiger partial charge >= 0.3 is 0 Å². The average Bonchev–Trinajstić information content (AvgIpc) is 3.62. The van der Waals surface area contributed by atoms with Crippen LogP contribution >= 0.6 is 0 Å². The van der Waals surface area contributed by atoms with Gasteiger partial charge in [-0.05, 0) is 56.7 Å². The summed E-state index contributed by atoms with van der Waals surface area (Å²) in [7, 11) is 3.11. The van der Waals surface area contributed by atoms with E-state index in [2.05, 4.69) is 25.5 Å². The van der Waals surface area contributed by atoms with Gasteiger partial charge in [-0.25, -0.2) is 4.98 Å². The van der Waals surface area contributed by atoms with Crippen LogP contribution < -0.4 is 31.2 Å². The summed E-state index contributed by atoms with van der Waals surface area (Å²) >= 11 is 0. The number of ether oxygens (including phenoxy) is 2. The van der Waals surface area contributed by atoms with Crippen molar-refractivity contribution < 1.29 is 14.3 Å². The maximum absolute atomic E-state index is 12.7. The van der Waals surface area contributed by atoms with E-state index in [9.17, 15) is 4.79 Å². The first-order valence-corrected chi connectivity index (χ1v) is 13.6. The van der Waals surface area contributed by atoms with E-state index in [1.54, 1.807) is 32.4 Å². The van der Waals surface area contributed by atoms with Crippen molar-refractivity contribution in [2.45, 2.75) is 69.5 Å². The number of anilines is 2. The van der Waals surface area contributed by atoms with E-state index < -0.39 is 0 Å². The van der Waals surface area contributed by atoms with Crippen molar-refractivity contribution in [3.63, 3.8) is 0 Å². The minimum Gasteiger partial charge on any atom is -0.493 e. The average molecular weight is 523 g/mol. The molecule has 0 spiro atoms. The number of hydrogen-bond donors (Lipinski definition) is 4. The third-order valence-electron chi connectivity index (χ3n) is 7.59. The molecule has 2 fully saturated rings. The molecule has 0 aliphatic heterocycles. The molecule has 5 N–H and O–H groups in total. The Labute approximate surface area is 222 Å². The Morgan fingerprint density at radius 1 is 1.03 bits per heavy atom. The molecule has 2 saturated carbocycles. The number of carbonyl (C=O) groups excluding carboxylic acids is 1. The van der Waals surface area contributed by atoms with Gasteiger partial charge in [0.2, 0.25) is 5.95 Å². The molecule has 0 saturated heterocycles. The molecule has 0 radical (unpaired) electrons. The zero-order valence-corrected chi connectivity index (χ0v) is 22.2. The van der Waals surface area contributed by atoms with Crippen LogP contribution in [0.4, 0.5) is 11.8 Å². The number of carbonyl (C=O) groups is 1. The minimum absolute atomic E-state index is 0.191. The monoisotopic (exact) mass is 522 g/mol. The van der Waals surface area contributed by atoms with Crippen LogP contribution in [0.2, 0.25) is 0 Å². The molecule has 1 amide bonds. The highest BCUT2D eigenvalue weighted by atomic mass is 16.5. The minimum atomic E-state index is -0.191. The normalized spacial score (nSPS) is 19.9. The number of fused-ring (bicyclic) bond motifs is 1. The summed E-state index contributed by atoms with van der Waals surface area (Å²) in [5.41, 5.74) is 8.19. The molecule has 38 heavy (non-hydrogen) atoms. The van der Waals surface area contributed by atoms with E-state index in [1.165, 1.54) is 12.8 Å². The zero-order chi connectivity index (χ0) is 26.5. The van der Waals surface area contributed by atoms with E-state index in [1.807, 2.05) is 6.33 Å². The van der Waals surface area contributed by atoms with E-state index in [0.29, 0.717) is 54.0 Å². The second-order valence-corrected chi connectivity index (χ2v) is 10.2. The summed E-state index contributed by atoms with van der Waals surface area (Å²) in [6.07, 6.45) is 10.7. The molecule has 2 aliphatic carbocycles. The highest BCUT2D eigenvalue weighted by Gasteiger charge is 2.24. The summed E-state index contributed by atoms with van der Waals surface area (Å²) in [6, 6.07) is 6.11. The van der Waals surface area contributed by atoms with Crippen molar-refractivity contribution in [1.29, 1.82) is 0 Å². The Morgan fingerprint density at radius 2 is 1.79 bits per heavy atom. The molecule has 11 heteroatoms. The Hall–Kier alpha value is -3.60. The molecule has 1 aromatic carbocycles. The quantitative estimate of drug-likeness (QED) is 0.294. The van der Waals surface area contributed by atoms with Crippen LogP contribution in [-0.4, -0.2) is 64.8 Å². The van der Waals surface area contributed by atoms with Crippen LogP contribution in [0.1, 0.15) is 67.8 Å². The van der Waals surface area contributed by atoms with Crippen LogP contribution in [-0.2, 0) is 0 Å². The standard InChI is InChI=1S/C27H38N8O3/c1-37-21-12-7-17(15-22(21)38-2)26(36)30-14-13-29-24-23-25(35(16-31-23)20-5-3-4-6-20)34-27(33-24)32-19-10-8-18(28)9-11-19/h7,12,15-16,18-20H,3-6,8-11,13-14,28H2,1-2H3,(H,30,36)(H2,29,32,33,34). The van der Waals surface area contributed by atoms with Crippen LogP contribution in [0.5, 0.6) is 11.5 Å². The van der Waals surface area contributed by atoms with Crippen LogP contribution in [0, 0.1) is 0 Å². The summed E-state index contributed by atoms with van der Waals surface area (Å²) < 4.78 is 12.8. The number of aromatic nitrogens is 4. The first-order chi connectivity index (χ1) is 18.6. The van der Waals surface area contributed by atoms with Crippen molar-refractivity contribution in [2.24, 2.45) is 5.73 Å². The van der Waals surface area contributed by atoms with Crippen LogP contribution in [0.15, 0.2) is 24.5 Å². The second-order valence-electron chi connectivity index (χ2n) is 10.2. The number of methoxy groups -OCH3 is 2. The van der Waals surface area contributed by atoms with Crippen LogP contribution in [0.25, 0.3) is 11.2 Å². The van der Waals surface area contributed by atoms with Gasteiger partial charge in [-0.2, -0.15) is 9.97 Å². The predicted octanol–water partition coefficient (Wildman–Crippen LogP) is 3.48. The molecule has 3 aromatic rings. The van der Waals surface area contributed by atoms with Gasteiger partial charge in [0.1, 0.15) is 0 Å². The van der Waals surface area contributed by atoms with Gasteiger partial charge in [0.05, 0.1) is 20.5 Å². The molecule has 0 unspecified atom stereocenters. The number of hydrogen-bond acceptors (Lipinski definition) is 9. The summed E-state index contributed by atoms with van der Waals surface area (Å²) in [5.74, 6) is 2.18. The van der Waals surface area contributed by atoms with Crippen molar-refractivity contribution in [3.05, 3.63) is 30.1 Å². The maximum Gasteiger partial charge on any atom is 0.251 e. The Kier molecular flexibility index (Phi) is 8.11. The van der Waals surface area contributed by atoms with Gasteiger partial charge in [-0.15, -0.1) is 0 Å². The largest absolute Gasteiger partial charge is 0.493 e. The van der Waals surface area contributed by atoms with E-state index >= 15 is 0 Å². The fraction of sp³-hybridized carbons (Fsp3) is 0.556. The molecule has 2 heterocycles. The number of nitrogens with zero attached hydrogens (tertiary/aromatic N) is 4. The zero-order valence-electron chi connectivity index (χ0n) is 22.2. The maximum atomic E-state index is 12.7. The Morgan fingerprint density at radius 3 is 2.53 bits per heavy atom. The molecule has 0 atom stereocenters. The number of amides is 1. The molecule has 2 aliphatic rings. The molecule has 5 rings (SSSR count). The van der Waals surface area contributed by atoms with Gasteiger partial charge in [0.25, 0.3) is 5.91 Å². The fourth-order valence-corrected chi connectivity index (χ4v) is 5.44. The van der Waals surface area contributed by atoms with Gasteiger partial charge in [-0.1, -0.05) is 12.8 Å². The van der Waals surface area contributed by atoms with E-state index in [-0.39, 0.29) is 11.9 Å². The van der Waals surface area contributed by atoms with Gasteiger partial charge in [0.15, 0.2) is 28.5 Å². The summed E-state index contributed by atoms with van der Waals surface area (Å²) in [6.45, 7) is 0.893. The smallest absolute Gasteiger partial charge is 0.251 e. The number of nitrogens with two attached hydrogens (primary N) is 1. The number of rotatable bonds is 10. The van der Waals surface area contributed by atoms with Crippen molar-refractivity contribution in [1.82, 2.24) is 24.8 Å². The lowest BCUT2D eigenvalue weighted by atomic mass is 9.92. The first-order valence-electron chi connectivity index (χ1n) is 13.6. The lowest BCUT2D eigenvalue weighted by Crippen LogP contribution is -2.33. The van der Waals surface area contributed by atoms with Gasteiger partial charge in [0, 0.05) is 36.8 Å². The summed E-state index contributed by atoms with van der Waals surface area (Å²) in [4.78, 5) is 27.0. The lowest BCUT2D eigenvalue weighted by Gasteiger charge is -2.27. The highest BCUT2D eigenvalue weighted by Crippen LogP contribution is 2.33. The third kappa shape index (κ3) is 5.77. The highest BCUT2D eigenvalue weighted by molar-refractivity contribution is 5.95. The van der Waals surface area contributed by atoms with Crippen molar-refractivity contribution in [2.75, 3.05) is 37.9 Å². The molecular formula is C27H38N8O3. The molecule has 0 bridgehead atoms. The predicted molar refractivity (Wildman–Crippen MR) is 147 cm³/mol. The SMILES string of the molecule is COc1ccc(C(=O)NCCNc2nc(NC3CCC(N)CC3)nc3c2ncn3C2CCCC2)cc1OC. The number of imidazole rings is 1. The van der Waals surface area contributed by atoms with Gasteiger partial charge < -0.3 is 35.7 Å². The lowest BCUT2D eigenvalue weighted by molar-refractivity contribution is 0.0954. The molecule has 204 valence electrons. The fourth-order valence-electron chi connectivity index (χ4n) is 5.44.